The van der Waals surface area contributed by atoms with Gasteiger partial charge in [0.1, 0.15) is 13.2 Å². The van der Waals surface area contributed by atoms with E-state index in [1.165, 1.54) is 12.1 Å². The summed E-state index contributed by atoms with van der Waals surface area (Å²) in [5.41, 5.74) is 1.29. The second kappa shape index (κ2) is 8.10. The summed E-state index contributed by atoms with van der Waals surface area (Å²) in [7, 11) is -3.95. The molecule has 1 saturated heterocycles. The van der Waals surface area contributed by atoms with Crippen molar-refractivity contribution >= 4 is 32.7 Å². The topological polar surface area (TPSA) is 103 Å². The number of para-hydroxylation sites is 2. The molecule has 1 N–H and O–H groups in total. The van der Waals surface area contributed by atoms with Crippen molar-refractivity contribution in [3.63, 3.8) is 0 Å². The van der Waals surface area contributed by atoms with Crippen molar-refractivity contribution in [2.45, 2.75) is 31.0 Å². The third-order valence-corrected chi connectivity index (χ3v) is 6.66. The third-order valence-electron chi connectivity index (χ3n) is 5.33. The van der Waals surface area contributed by atoms with Crippen LogP contribution in [-0.2, 0) is 14.8 Å². The van der Waals surface area contributed by atoms with E-state index < -0.39 is 10.0 Å². The van der Waals surface area contributed by atoms with Gasteiger partial charge in [-0.05, 0) is 38.1 Å². The number of aromatic nitrogens is 2. The molecule has 2 atom stereocenters. The number of nitrogens with zero attached hydrogens (tertiary/aromatic N) is 3. The van der Waals surface area contributed by atoms with E-state index in [9.17, 15) is 8.42 Å². The molecule has 1 aromatic heterocycles. The van der Waals surface area contributed by atoms with Crippen LogP contribution in [0.5, 0.6) is 11.5 Å². The largest absolute Gasteiger partial charge is 0.486 e. The molecule has 0 radical (unpaired) electrons. The van der Waals surface area contributed by atoms with Gasteiger partial charge in [-0.15, -0.1) is 0 Å². The molecule has 2 aliphatic heterocycles. The summed E-state index contributed by atoms with van der Waals surface area (Å²) < 4.78 is 46.1. The van der Waals surface area contributed by atoms with Crippen molar-refractivity contribution in [2.24, 2.45) is 0 Å². The maximum atomic E-state index is 13.3. The molecule has 3 heterocycles. The second-order valence-electron chi connectivity index (χ2n) is 7.96. The smallest absolute Gasteiger partial charge is 0.263 e. The first-order chi connectivity index (χ1) is 15.4. The lowest BCUT2D eigenvalue weighted by Crippen LogP contribution is -2.46. The molecule has 2 aromatic carbocycles. The fourth-order valence-electron chi connectivity index (χ4n) is 4.01. The zero-order valence-electron chi connectivity index (χ0n) is 17.8. The Balaban J connectivity index is 1.55. The van der Waals surface area contributed by atoms with Crippen LogP contribution in [-0.4, -0.2) is 56.9 Å². The lowest BCUT2D eigenvalue weighted by Gasteiger charge is -2.36. The monoisotopic (exact) mass is 456 g/mol. The number of anilines is 2. The second-order valence-corrected chi connectivity index (χ2v) is 9.64. The van der Waals surface area contributed by atoms with Crippen LogP contribution in [0.3, 0.4) is 0 Å². The van der Waals surface area contributed by atoms with Gasteiger partial charge in [-0.2, -0.15) is 0 Å². The summed E-state index contributed by atoms with van der Waals surface area (Å²) in [6.07, 6.45) is -0.0384. The van der Waals surface area contributed by atoms with E-state index in [1.807, 2.05) is 36.9 Å². The van der Waals surface area contributed by atoms with Gasteiger partial charge < -0.3 is 19.1 Å². The van der Waals surface area contributed by atoms with Crippen LogP contribution in [0.4, 0.5) is 11.6 Å². The molecule has 9 nitrogen and oxygen atoms in total. The maximum absolute atomic E-state index is 13.3. The molecule has 0 amide bonds. The molecule has 10 heteroatoms. The van der Waals surface area contributed by atoms with Crippen molar-refractivity contribution in [1.82, 2.24) is 9.97 Å². The first kappa shape index (κ1) is 20.8. The van der Waals surface area contributed by atoms with Gasteiger partial charge in [-0.1, -0.05) is 12.1 Å². The van der Waals surface area contributed by atoms with Crippen molar-refractivity contribution < 1.29 is 22.6 Å². The number of rotatable bonds is 4. The normalized spacial score (nSPS) is 20.9. The molecule has 0 spiro atoms. The zero-order chi connectivity index (χ0) is 22.3. The molecule has 5 rings (SSSR count). The van der Waals surface area contributed by atoms with Crippen LogP contribution >= 0.6 is 0 Å². The Morgan fingerprint density at radius 3 is 2.31 bits per heavy atom. The van der Waals surface area contributed by atoms with Crippen LogP contribution in [0, 0.1) is 0 Å². The van der Waals surface area contributed by atoms with Gasteiger partial charge in [0.2, 0.25) is 0 Å². The Hall–Kier alpha value is -3.11. The quantitative estimate of drug-likeness (QED) is 0.639. The highest BCUT2D eigenvalue weighted by Gasteiger charge is 2.28. The van der Waals surface area contributed by atoms with Gasteiger partial charge in [0.15, 0.2) is 23.1 Å². The molecule has 168 valence electrons. The summed E-state index contributed by atoms with van der Waals surface area (Å²) in [5.74, 6) is 1.59. The van der Waals surface area contributed by atoms with E-state index in [4.69, 9.17) is 19.2 Å². The van der Waals surface area contributed by atoms with Crippen LogP contribution < -0.4 is 19.1 Å². The van der Waals surface area contributed by atoms with E-state index in [2.05, 4.69) is 9.71 Å². The lowest BCUT2D eigenvalue weighted by atomic mass is 10.2. The average molecular weight is 457 g/mol. The Bertz CT molecular complexity index is 1260. The number of sulfonamides is 1. The molecule has 1 fully saturated rings. The standard InChI is InChI=1S/C22H24N4O5S/c1-14-12-26(13-15(2)31-14)22-21(23-17-5-3-4-6-18(17)24-22)25-32(27,28)16-7-8-19-20(11-16)30-10-9-29-19/h3-8,11,14-15H,9-10,12-13H2,1-2H3,(H,23,25)/t14-,15+. The lowest BCUT2D eigenvalue weighted by molar-refractivity contribution is -0.00540. The van der Waals surface area contributed by atoms with Crippen molar-refractivity contribution in [3.05, 3.63) is 42.5 Å². The summed E-state index contributed by atoms with van der Waals surface area (Å²) in [6.45, 7) is 5.93. The van der Waals surface area contributed by atoms with E-state index in [0.29, 0.717) is 54.7 Å². The Morgan fingerprint density at radius 1 is 0.938 bits per heavy atom. The molecule has 0 unspecified atom stereocenters. The number of hydrogen-bond acceptors (Lipinski definition) is 8. The van der Waals surface area contributed by atoms with E-state index in [1.54, 1.807) is 12.1 Å². The highest BCUT2D eigenvalue weighted by molar-refractivity contribution is 7.92. The minimum atomic E-state index is -3.95. The Kier molecular flexibility index (Phi) is 5.26. The molecule has 3 aromatic rings. The zero-order valence-corrected chi connectivity index (χ0v) is 18.6. The number of hydrogen-bond donors (Lipinski definition) is 1. The van der Waals surface area contributed by atoms with E-state index in [0.717, 1.165) is 0 Å². The van der Waals surface area contributed by atoms with Gasteiger partial charge in [0, 0.05) is 19.2 Å². The number of morpholine rings is 1. The predicted octanol–water partition coefficient (Wildman–Crippen LogP) is 2.82. The van der Waals surface area contributed by atoms with Crippen molar-refractivity contribution in [3.8, 4) is 11.5 Å². The average Bonchev–Trinajstić information content (AvgIpc) is 2.77. The van der Waals surface area contributed by atoms with Crippen molar-refractivity contribution in [1.29, 1.82) is 0 Å². The van der Waals surface area contributed by atoms with Crippen molar-refractivity contribution in [2.75, 3.05) is 35.9 Å². The first-order valence-corrected chi connectivity index (χ1v) is 12.0. The van der Waals surface area contributed by atoms with E-state index in [-0.39, 0.29) is 22.9 Å². The molecule has 0 aliphatic carbocycles. The third kappa shape index (κ3) is 4.03. The maximum Gasteiger partial charge on any atom is 0.263 e. The molecule has 2 aliphatic rings. The van der Waals surface area contributed by atoms with Crippen LogP contribution in [0.15, 0.2) is 47.4 Å². The molecule has 32 heavy (non-hydrogen) atoms. The SMILES string of the molecule is C[C@@H]1CN(c2nc3ccccc3nc2NS(=O)(=O)c2ccc3c(c2)OCCO3)C[C@H](C)O1. The fourth-order valence-corrected chi connectivity index (χ4v) is 5.03. The predicted molar refractivity (Wildman–Crippen MR) is 120 cm³/mol. The first-order valence-electron chi connectivity index (χ1n) is 10.5. The summed E-state index contributed by atoms with van der Waals surface area (Å²) in [4.78, 5) is 11.4. The van der Waals surface area contributed by atoms with Gasteiger partial charge in [-0.25, -0.2) is 18.4 Å². The van der Waals surface area contributed by atoms with Crippen LogP contribution in [0.2, 0.25) is 0 Å². The molecular weight excluding hydrogens is 432 g/mol. The molecular formula is C22H24N4O5S. The summed E-state index contributed by atoms with van der Waals surface area (Å²) in [6, 6.07) is 11.9. The Labute approximate surface area is 186 Å². The summed E-state index contributed by atoms with van der Waals surface area (Å²) >= 11 is 0. The minimum absolute atomic E-state index is 0.0192. The van der Waals surface area contributed by atoms with Gasteiger partial charge in [0.25, 0.3) is 10.0 Å². The van der Waals surface area contributed by atoms with Gasteiger partial charge >= 0.3 is 0 Å². The fraction of sp³-hybridized carbons (Fsp3) is 0.364. The minimum Gasteiger partial charge on any atom is -0.486 e. The highest BCUT2D eigenvalue weighted by Crippen LogP contribution is 2.34. The number of fused-ring (bicyclic) bond motifs is 2. The number of ether oxygens (including phenoxy) is 3. The number of nitrogens with one attached hydrogen (secondary N) is 1. The Morgan fingerprint density at radius 2 is 1.59 bits per heavy atom. The van der Waals surface area contributed by atoms with Crippen LogP contribution in [0.25, 0.3) is 11.0 Å². The summed E-state index contributed by atoms with van der Waals surface area (Å²) in [5, 5.41) is 0. The van der Waals surface area contributed by atoms with Gasteiger partial charge in [0.05, 0.1) is 28.1 Å². The van der Waals surface area contributed by atoms with E-state index >= 15 is 0 Å². The van der Waals surface area contributed by atoms with Crippen LogP contribution in [0.1, 0.15) is 13.8 Å². The highest BCUT2D eigenvalue weighted by atomic mass is 32.2. The number of benzene rings is 2. The molecule has 0 bridgehead atoms. The van der Waals surface area contributed by atoms with Gasteiger partial charge in [-0.3, -0.25) is 4.72 Å². The molecule has 0 saturated carbocycles.